The van der Waals surface area contributed by atoms with Crippen molar-refractivity contribution in [1.82, 2.24) is 9.55 Å². The molecule has 5 heteroatoms. The van der Waals surface area contributed by atoms with Crippen molar-refractivity contribution < 1.29 is 9.50 Å². The molecule has 0 aliphatic carbocycles. The average molecular weight is 269 g/mol. The van der Waals surface area contributed by atoms with Gasteiger partial charge in [0.25, 0.3) is 0 Å². The molecule has 2 aromatic rings. The quantitative estimate of drug-likeness (QED) is 0.926. The van der Waals surface area contributed by atoms with Crippen LogP contribution in [0.1, 0.15) is 23.9 Å². The molecule has 1 aromatic carbocycles. The van der Waals surface area contributed by atoms with Gasteiger partial charge in [0.1, 0.15) is 11.6 Å². The molecule has 0 aliphatic rings. The third kappa shape index (κ3) is 2.89. The molecule has 18 heavy (non-hydrogen) atoms. The van der Waals surface area contributed by atoms with Gasteiger partial charge in [-0.25, -0.2) is 9.37 Å². The number of hydrogen-bond acceptors (Lipinski definition) is 2. The third-order valence-electron chi connectivity index (χ3n) is 2.88. The zero-order chi connectivity index (χ0) is 13.1. The predicted molar refractivity (Wildman–Crippen MR) is 67.9 cm³/mol. The van der Waals surface area contributed by atoms with Crippen molar-refractivity contribution in [3.63, 3.8) is 0 Å². The van der Waals surface area contributed by atoms with Crippen molar-refractivity contribution in [2.24, 2.45) is 7.05 Å². The minimum atomic E-state index is -0.875. The molecule has 1 N–H and O–H groups in total. The van der Waals surface area contributed by atoms with E-state index in [1.54, 1.807) is 6.20 Å². The highest BCUT2D eigenvalue weighted by Gasteiger charge is 2.14. The van der Waals surface area contributed by atoms with Crippen LogP contribution in [0, 0.1) is 5.82 Å². The van der Waals surface area contributed by atoms with Gasteiger partial charge in [-0.05, 0) is 24.6 Å². The summed E-state index contributed by atoms with van der Waals surface area (Å²) in [6.07, 6.45) is 3.64. The molecule has 0 bridgehead atoms. The van der Waals surface area contributed by atoms with Crippen LogP contribution < -0.4 is 0 Å². The van der Waals surface area contributed by atoms with E-state index in [4.69, 9.17) is 11.6 Å². The molecule has 1 heterocycles. The van der Waals surface area contributed by atoms with Crippen LogP contribution in [-0.2, 0) is 13.5 Å². The summed E-state index contributed by atoms with van der Waals surface area (Å²) >= 11 is 5.79. The molecule has 0 saturated heterocycles. The Labute approximate surface area is 110 Å². The molecule has 96 valence electrons. The molecular formula is C13H14ClFN2O. The molecule has 0 saturated carbocycles. The lowest BCUT2D eigenvalue weighted by atomic mass is 10.0. The van der Waals surface area contributed by atoms with Gasteiger partial charge in [0, 0.05) is 36.4 Å². The Morgan fingerprint density at radius 3 is 2.94 bits per heavy atom. The first kappa shape index (κ1) is 13.1. The highest BCUT2D eigenvalue weighted by atomic mass is 35.5. The Morgan fingerprint density at radius 1 is 1.50 bits per heavy atom. The number of aliphatic hydroxyl groups is 1. The molecule has 0 radical (unpaired) electrons. The van der Waals surface area contributed by atoms with E-state index < -0.39 is 11.9 Å². The van der Waals surface area contributed by atoms with Gasteiger partial charge in [-0.1, -0.05) is 11.6 Å². The molecule has 1 unspecified atom stereocenters. The van der Waals surface area contributed by atoms with Gasteiger partial charge in [-0.15, -0.1) is 0 Å². The molecule has 0 spiro atoms. The second-order valence-electron chi connectivity index (χ2n) is 4.17. The minimum Gasteiger partial charge on any atom is -0.388 e. The van der Waals surface area contributed by atoms with E-state index in [-0.39, 0.29) is 5.56 Å². The predicted octanol–water partition coefficient (Wildman–Crippen LogP) is 2.88. The number of imidazole rings is 1. The number of benzene rings is 1. The van der Waals surface area contributed by atoms with Crippen molar-refractivity contribution in [3.05, 3.63) is 52.8 Å². The summed E-state index contributed by atoms with van der Waals surface area (Å²) in [5.41, 5.74) is 0.233. The maximum absolute atomic E-state index is 13.5. The van der Waals surface area contributed by atoms with Gasteiger partial charge in [0.2, 0.25) is 0 Å². The number of rotatable bonds is 4. The van der Waals surface area contributed by atoms with Gasteiger partial charge >= 0.3 is 0 Å². The van der Waals surface area contributed by atoms with Crippen molar-refractivity contribution in [2.75, 3.05) is 0 Å². The van der Waals surface area contributed by atoms with E-state index in [0.29, 0.717) is 17.9 Å². The van der Waals surface area contributed by atoms with Crippen LogP contribution in [0.4, 0.5) is 4.39 Å². The van der Waals surface area contributed by atoms with E-state index >= 15 is 0 Å². The van der Waals surface area contributed by atoms with Gasteiger partial charge in [-0.3, -0.25) is 0 Å². The molecule has 0 fully saturated rings. The van der Waals surface area contributed by atoms with Crippen LogP contribution in [0.15, 0.2) is 30.6 Å². The highest BCUT2D eigenvalue weighted by molar-refractivity contribution is 6.30. The lowest BCUT2D eigenvalue weighted by Gasteiger charge is -2.12. The summed E-state index contributed by atoms with van der Waals surface area (Å²) in [7, 11) is 1.88. The maximum atomic E-state index is 13.5. The SMILES string of the molecule is Cn1ccnc1CCC(O)c1cc(Cl)ccc1F. The van der Waals surface area contributed by atoms with E-state index in [1.807, 2.05) is 17.8 Å². The molecule has 3 nitrogen and oxygen atoms in total. The minimum absolute atomic E-state index is 0.233. The number of aliphatic hydroxyl groups excluding tert-OH is 1. The Hall–Kier alpha value is -1.39. The largest absolute Gasteiger partial charge is 0.388 e. The summed E-state index contributed by atoms with van der Waals surface area (Å²) in [5.74, 6) is 0.420. The molecule has 0 aliphatic heterocycles. The van der Waals surface area contributed by atoms with Crippen molar-refractivity contribution in [1.29, 1.82) is 0 Å². The van der Waals surface area contributed by atoms with Crippen molar-refractivity contribution >= 4 is 11.6 Å². The van der Waals surface area contributed by atoms with Crippen molar-refractivity contribution in [3.8, 4) is 0 Å². The molecular weight excluding hydrogens is 255 g/mol. The lowest BCUT2D eigenvalue weighted by Crippen LogP contribution is -2.05. The highest BCUT2D eigenvalue weighted by Crippen LogP contribution is 2.24. The van der Waals surface area contributed by atoms with Crippen LogP contribution >= 0.6 is 11.6 Å². The summed E-state index contributed by atoms with van der Waals surface area (Å²) in [4.78, 5) is 4.15. The Morgan fingerprint density at radius 2 is 2.28 bits per heavy atom. The number of aromatic nitrogens is 2. The van der Waals surface area contributed by atoms with E-state index in [2.05, 4.69) is 4.98 Å². The molecule has 1 atom stereocenters. The van der Waals surface area contributed by atoms with Crippen LogP contribution in [0.2, 0.25) is 5.02 Å². The van der Waals surface area contributed by atoms with E-state index in [0.717, 1.165) is 5.82 Å². The summed E-state index contributed by atoms with van der Waals surface area (Å²) in [6, 6.07) is 4.19. The summed E-state index contributed by atoms with van der Waals surface area (Å²) in [5, 5.41) is 10.4. The molecule has 0 amide bonds. The van der Waals surface area contributed by atoms with Crippen LogP contribution in [0.5, 0.6) is 0 Å². The second-order valence-corrected chi connectivity index (χ2v) is 4.61. The Balaban J connectivity index is 2.06. The summed E-state index contributed by atoms with van der Waals surface area (Å²) < 4.78 is 15.4. The number of aryl methyl sites for hydroxylation is 2. The first-order valence-corrected chi connectivity index (χ1v) is 6.05. The van der Waals surface area contributed by atoms with Crippen LogP contribution in [0.25, 0.3) is 0 Å². The smallest absolute Gasteiger partial charge is 0.129 e. The number of hydrogen-bond donors (Lipinski definition) is 1. The summed E-state index contributed by atoms with van der Waals surface area (Å²) in [6.45, 7) is 0. The number of halogens is 2. The van der Waals surface area contributed by atoms with Gasteiger partial charge < -0.3 is 9.67 Å². The van der Waals surface area contributed by atoms with Crippen molar-refractivity contribution in [2.45, 2.75) is 18.9 Å². The molecule has 1 aromatic heterocycles. The van der Waals surface area contributed by atoms with Gasteiger partial charge in [-0.2, -0.15) is 0 Å². The fraction of sp³-hybridized carbons (Fsp3) is 0.308. The first-order chi connectivity index (χ1) is 8.58. The maximum Gasteiger partial charge on any atom is 0.129 e. The lowest BCUT2D eigenvalue weighted by molar-refractivity contribution is 0.162. The average Bonchev–Trinajstić information content (AvgIpc) is 2.75. The van der Waals surface area contributed by atoms with Crippen LogP contribution in [0.3, 0.4) is 0 Å². The third-order valence-corrected chi connectivity index (χ3v) is 3.11. The van der Waals surface area contributed by atoms with Gasteiger partial charge in [0.05, 0.1) is 6.10 Å². The van der Waals surface area contributed by atoms with E-state index in [9.17, 15) is 9.50 Å². The topological polar surface area (TPSA) is 38.0 Å². The molecule has 2 rings (SSSR count). The Kier molecular flexibility index (Phi) is 3.99. The zero-order valence-corrected chi connectivity index (χ0v) is 10.7. The zero-order valence-electron chi connectivity index (χ0n) is 9.98. The fourth-order valence-electron chi connectivity index (χ4n) is 1.83. The first-order valence-electron chi connectivity index (χ1n) is 5.67. The Bertz CT molecular complexity index is 542. The van der Waals surface area contributed by atoms with E-state index in [1.165, 1.54) is 18.2 Å². The second kappa shape index (κ2) is 5.50. The van der Waals surface area contributed by atoms with Gasteiger partial charge in [0.15, 0.2) is 0 Å². The standard InChI is InChI=1S/C13H14ClFN2O/c1-17-7-6-16-13(17)5-4-12(18)10-8-9(14)2-3-11(10)15/h2-3,6-8,12,18H,4-5H2,1H3. The van der Waals surface area contributed by atoms with Crippen LogP contribution in [-0.4, -0.2) is 14.7 Å². The monoisotopic (exact) mass is 268 g/mol. The normalized spacial score (nSPS) is 12.7. The fourth-order valence-corrected chi connectivity index (χ4v) is 2.01. The number of nitrogens with zero attached hydrogens (tertiary/aromatic N) is 2.